The van der Waals surface area contributed by atoms with Crippen LogP contribution >= 0.6 is 0 Å². The van der Waals surface area contributed by atoms with Gasteiger partial charge in [-0.25, -0.2) is 8.78 Å². The molecular formula is C14H17F2NO3. The van der Waals surface area contributed by atoms with E-state index >= 15 is 0 Å². The molecule has 0 aliphatic rings. The number of rotatable bonds is 7. The molecule has 0 spiro atoms. The Balaban J connectivity index is 2.43. The molecule has 0 radical (unpaired) electrons. The first-order valence-corrected chi connectivity index (χ1v) is 6.33. The van der Waals surface area contributed by atoms with Crippen molar-refractivity contribution in [1.82, 2.24) is 5.32 Å². The van der Waals surface area contributed by atoms with Crippen molar-refractivity contribution in [3.63, 3.8) is 0 Å². The highest BCUT2D eigenvalue weighted by atomic mass is 19.1. The quantitative estimate of drug-likeness (QED) is 0.756. The van der Waals surface area contributed by atoms with Gasteiger partial charge in [0.05, 0.1) is 0 Å². The summed E-state index contributed by atoms with van der Waals surface area (Å²) in [6, 6.07) is 3.27. The molecule has 1 atom stereocenters. The van der Waals surface area contributed by atoms with E-state index in [-0.39, 0.29) is 36.8 Å². The molecule has 0 aromatic heterocycles. The Morgan fingerprint density at radius 3 is 2.65 bits per heavy atom. The zero-order valence-electron chi connectivity index (χ0n) is 11.2. The summed E-state index contributed by atoms with van der Waals surface area (Å²) in [6.45, 7) is 1.94. The van der Waals surface area contributed by atoms with Gasteiger partial charge in [-0.2, -0.15) is 0 Å². The van der Waals surface area contributed by atoms with Gasteiger partial charge in [0.25, 0.3) is 0 Å². The highest BCUT2D eigenvalue weighted by Gasteiger charge is 2.15. The zero-order valence-corrected chi connectivity index (χ0v) is 11.2. The highest BCUT2D eigenvalue weighted by Crippen LogP contribution is 2.22. The fourth-order valence-corrected chi connectivity index (χ4v) is 1.83. The van der Waals surface area contributed by atoms with Crippen LogP contribution in [0.1, 0.15) is 37.7 Å². The topological polar surface area (TPSA) is 66.4 Å². The summed E-state index contributed by atoms with van der Waals surface area (Å²) in [4.78, 5) is 21.9. The van der Waals surface area contributed by atoms with E-state index in [1.165, 1.54) is 6.07 Å². The van der Waals surface area contributed by atoms with Crippen molar-refractivity contribution in [1.29, 1.82) is 0 Å². The number of hydrogen-bond acceptors (Lipinski definition) is 2. The molecular weight excluding hydrogens is 268 g/mol. The molecule has 0 heterocycles. The minimum atomic E-state index is -0.916. The second-order valence-corrected chi connectivity index (χ2v) is 4.62. The van der Waals surface area contributed by atoms with Crippen molar-refractivity contribution in [3.05, 3.63) is 35.4 Å². The molecule has 0 saturated carbocycles. The minimum absolute atomic E-state index is 0.0115. The van der Waals surface area contributed by atoms with E-state index in [1.807, 2.05) is 0 Å². The summed E-state index contributed by atoms with van der Waals surface area (Å²) in [5.74, 6) is -2.91. The Bertz CT molecular complexity index is 491. The summed E-state index contributed by atoms with van der Waals surface area (Å²) >= 11 is 0. The van der Waals surface area contributed by atoms with Gasteiger partial charge in [-0.05, 0) is 24.0 Å². The molecule has 0 fully saturated rings. The van der Waals surface area contributed by atoms with Crippen LogP contribution in [0, 0.1) is 11.6 Å². The summed E-state index contributed by atoms with van der Waals surface area (Å²) in [7, 11) is 0. The first kappa shape index (κ1) is 16.1. The van der Waals surface area contributed by atoms with Crippen LogP contribution < -0.4 is 5.32 Å². The summed E-state index contributed by atoms with van der Waals surface area (Å²) in [6.07, 6.45) is 0.401. The molecule has 0 saturated heterocycles. The SMILES string of the molecule is CC(CC(=O)NCCCC(=O)O)c1ccc(F)cc1F. The van der Waals surface area contributed by atoms with Crippen LogP contribution in [0.2, 0.25) is 0 Å². The Labute approximate surface area is 115 Å². The average molecular weight is 285 g/mol. The first-order chi connectivity index (χ1) is 9.40. The molecule has 2 N–H and O–H groups in total. The lowest BCUT2D eigenvalue weighted by atomic mass is 9.97. The van der Waals surface area contributed by atoms with Crippen molar-refractivity contribution in [2.24, 2.45) is 0 Å². The number of benzene rings is 1. The normalized spacial score (nSPS) is 11.9. The number of carbonyl (C=O) groups is 2. The van der Waals surface area contributed by atoms with E-state index in [0.717, 1.165) is 12.1 Å². The molecule has 1 unspecified atom stereocenters. The van der Waals surface area contributed by atoms with Crippen LogP contribution in [0.3, 0.4) is 0 Å². The third-order valence-electron chi connectivity index (χ3n) is 2.87. The smallest absolute Gasteiger partial charge is 0.303 e. The van der Waals surface area contributed by atoms with Gasteiger partial charge >= 0.3 is 5.97 Å². The van der Waals surface area contributed by atoms with Gasteiger partial charge in [0.15, 0.2) is 0 Å². The number of carboxylic acids is 1. The lowest BCUT2D eigenvalue weighted by Crippen LogP contribution is -2.26. The van der Waals surface area contributed by atoms with Crippen molar-refractivity contribution in [3.8, 4) is 0 Å². The Morgan fingerprint density at radius 2 is 2.05 bits per heavy atom. The third kappa shape index (κ3) is 5.34. The number of amides is 1. The lowest BCUT2D eigenvalue weighted by Gasteiger charge is -2.13. The van der Waals surface area contributed by atoms with Gasteiger partial charge in [0.2, 0.25) is 5.91 Å². The minimum Gasteiger partial charge on any atom is -0.481 e. The molecule has 1 aromatic rings. The number of nitrogens with one attached hydrogen (secondary N) is 1. The molecule has 0 aliphatic carbocycles. The highest BCUT2D eigenvalue weighted by molar-refractivity contribution is 5.76. The van der Waals surface area contributed by atoms with E-state index in [0.29, 0.717) is 6.42 Å². The van der Waals surface area contributed by atoms with E-state index < -0.39 is 17.6 Å². The summed E-state index contributed by atoms with van der Waals surface area (Å²) < 4.78 is 26.3. The maximum Gasteiger partial charge on any atom is 0.303 e. The van der Waals surface area contributed by atoms with E-state index in [4.69, 9.17) is 5.11 Å². The number of aliphatic carboxylic acids is 1. The Hall–Kier alpha value is -1.98. The van der Waals surface area contributed by atoms with Gasteiger partial charge in [0.1, 0.15) is 11.6 Å². The van der Waals surface area contributed by atoms with Crippen LogP contribution in [0.4, 0.5) is 8.78 Å². The largest absolute Gasteiger partial charge is 0.481 e. The van der Waals surface area contributed by atoms with E-state index in [1.54, 1.807) is 6.92 Å². The third-order valence-corrected chi connectivity index (χ3v) is 2.87. The van der Waals surface area contributed by atoms with Crippen molar-refractivity contribution in [2.45, 2.75) is 32.1 Å². The van der Waals surface area contributed by atoms with Gasteiger partial charge in [0, 0.05) is 25.5 Å². The number of halogens is 2. The van der Waals surface area contributed by atoms with Crippen LogP contribution in [-0.4, -0.2) is 23.5 Å². The maximum atomic E-state index is 13.5. The molecule has 20 heavy (non-hydrogen) atoms. The monoisotopic (exact) mass is 285 g/mol. The average Bonchev–Trinajstić information content (AvgIpc) is 2.34. The summed E-state index contributed by atoms with van der Waals surface area (Å²) in [5, 5.41) is 11.0. The standard InChI is InChI=1S/C14H17F2NO3/c1-9(11-5-4-10(15)8-12(11)16)7-13(18)17-6-2-3-14(19)20/h4-5,8-9H,2-3,6-7H2,1H3,(H,17,18)(H,19,20). The molecule has 110 valence electrons. The number of carbonyl (C=O) groups excluding carboxylic acids is 1. The Kier molecular flexibility index (Phi) is 6.09. The lowest BCUT2D eigenvalue weighted by molar-refractivity contribution is -0.137. The zero-order chi connectivity index (χ0) is 15.1. The Morgan fingerprint density at radius 1 is 1.35 bits per heavy atom. The number of hydrogen-bond donors (Lipinski definition) is 2. The van der Waals surface area contributed by atoms with Gasteiger partial charge in [-0.3, -0.25) is 9.59 Å². The van der Waals surface area contributed by atoms with Crippen LogP contribution in [0.25, 0.3) is 0 Å². The fourth-order valence-electron chi connectivity index (χ4n) is 1.83. The fraction of sp³-hybridized carbons (Fsp3) is 0.429. The van der Waals surface area contributed by atoms with Crippen LogP contribution in [0.15, 0.2) is 18.2 Å². The van der Waals surface area contributed by atoms with Gasteiger partial charge < -0.3 is 10.4 Å². The number of carboxylic acid groups (broad SMARTS) is 1. The first-order valence-electron chi connectivity index (χ1n) is 6.33. The van der Waals surface area contributed by atoms with Crippen molar-refractivity contribution < 1.29 is 23.5 Å². The second-order valence-electron chi connectivity index (χ2n) is 4.62. The second kappa shape index (κ2) is 7.57. The van der Waals surface area contributed by atoms with Crippen LogP contribution in [0.5, 0.6) is 0 Å². The van der Waals surface area contributed by atoms with E-state index in [9.17, 15) is 18.4 Å². The summed E-state index contributed by atoms with van der Waals surface area (Å²) in [5.41, 5.74) is 0.284. The van der Waals surface area contributed by atoms with Crippen molar-refractivity contribution >= 4 is 11.9 Å². The molecule has 1 aromatic carbocycles. The van der Waals surface area contributed by atoms with Crippen molar-refractivity contribution in [2.75, 3.05) is 6.54 Å². The van der Waals surface area contributed by atoms with Crippen LogP contribution in [-0.2, 0) is 9.59 Å². The predicted molar refractivity (Wildman–Crippen MR) is 69.3 cm³/mol. The predicted octanol–water partition coefficient (Wildman–Crippen LogP) is 2.44. The molecule has 0 bridgehead atoms. The molecule has 0 aliphatic heterocycles. The molecule has 6 heteroatoms. The molecule has 1 amide bonds. The van der Waals surface area contributed by atoms with Gasteiger partial charge in [-0.15, -0.1) is 0 Å². The molecule has 4 nitrogen and oxygen atoms in total. The molecule has 1 rings (SSSR count). The van der Waals surface area contributed by atoms with E-state index in [2.05, 4.69) is 5.32 Å². The maximum absolute atomic E-state index is 13.5. The van der Waals surface area contributed by atoms with Gasteiger partial charge in [-0.1, -0.05) is 13.0 Å².